The van der Waals surface area contributed by atoms with E-state index in [4.69, 9.17) is 5.26 Å². The van der Waals surface area contributed by atoms with Crippen molar-refractivity contribution in [2.45, 2.75) is 59.8 Å². The fraction of sp³-hybridized carbons (Fsp3) is 0.750. The summed E-state index contributed by atoms with van der Waals surface area (Å²) in [6.45, 7) is 8.58. The van der Waals surface area contributed by atoms with Gasteiger partial charge in [-0.25, -0.2) is 0 Å². The Bertz CT molecular complexity index is 322. The molecule has 0 bridgehead atoms. The molecule has 1 atom stereocenters. The van der Waals surface area contributed by atoms with E-state index < -0.39 is 0 Å². The van der Waals surface area contributed by atoms with Gasteiger partial charge in [-0.1, -0.05) is 46.6 Å². The molecule has 1 unspecified atom stereocenters. The van der Waals surface area contributed by atoms with Crippen molar-refractivity contribution in [2.75, 3.05) is 0 Å². The zero-order valence-electron chi connectivity index (χ0n) is 12.2. The van der Waals surface area contributed by atoms with E-state index >= 15 is 0 Å². The lowest BCUT2D eigenvalue weighted by atomic mass is 9.79. The van der Waals surface area contributed by atoms with Crippen molar-refractivity contribution < 1.29 is 0 Å². The zero-order valence-corrected chi connectivity index (χ0v) is 12.2. The monoisotopic (exact) mass is 246 g/mol. The van der Waals surface area contributed by atoms with E-state index in [-0.39, 0.29) is 5.92 Å². The van der Waals surface area contributed by atoms with Gasteiger partial charge in [-0.2, -0.15) is 10.5 Å². The van der Waals surface area contributed by atoms with Gasteiger partial charge in [-0.05, 0) is 24.7 Å². The average Bonchev–Trinajstić information content (AvgIpc) is 2.41. The summed E-state index contributed by atoms with van der Waals surface area (Å²) in [4.78, 5) is 0. The van der Waals surface area contributed by atoms with Crippen LogP contribution in [0.3, 0.4) is 0 Å². The minimum atomic E-state index is 0.121. The Morgan fingerprint density at radius 1 is 1.00 bits per heavy atom. The Morgan fingerprint density at radius 3 is 1.89 bits per heavy atom. The highest BCUT2D eigenvalue weighted by molar-refractivity contribution is 5.26. The maximum Gasteiger partial charge on any atom is 0.0947 e. The van der Waals surface area contributed by atoms with Crippen LogP contribution in [0.4, 0.5) is 0 Å². The number of hydrogen-bond donors (Lipinski definition) is 0. The van der Waals surface area contributed by atoms with Crippen molar-refractivity contribution in [2.24, 2.45) is 17.8 Å². The van der Waals surface area contributed by atoms with Gasteiger partial charge < -0.3 is 0 Å². The van der Waals surface area contributed by atoms with Crippen molar-refractivity contribution in [1.29, 1.82) is 10.5 Å². The van der Waals surface area contributed by atoms with Gasteiger partial charge in [0.25, 0.3) is 0 Å². The molecule has 0 fully saturated rings. The van der Waals surface area contributed by atoms with E-state index in [0.717, 1.165) is 31.3 Å². The minimum absolute atomic E-state index is 0.121. The number of rotatable bonds is 8. The molecule has 18 heavy (non-hydrogen) atoms. The van der Waals surface area contributed by atoms with E-state index in [1.54, 1.807) is 0 Å². The molecule has 0 aromatic rings. The predicted molar refractivity (Wildman–Crippen MR) is 75.6 cm³/mol. The fourth-order valence-corrected chi connectivity index (χ4v) is 2.51. The summed E-state index contributed by atoms with van der Waals surface area (Å²) in [5.74, 6) is 1.04. The molecule has 0 heterocycles. The molecule has 0 N–H and O–H groups in total. The number of hydrogen-bond acceptors (Lipinski definition) is 2. The van der Waals surface area contributed by atoms with E-state index in [0.29, 0.717) is 18.3 Å². The highest BCUT2D eigenvalue weighted by Gasteiger charge is 2.23. The van der Waals surface area contributed by atoms with Gasteiger partial charge in [-0.15, -0.1) is 0 Å². The average molecular weight is 246 g/mol. The third-order valence-electron chi connectivity index (χ3n) is 3.92. The first-order valence-corrected chi connectivity index (χ1v) is 7.16. The lowest BCUT2D eigenvalue weighted by molar-refractivity contribution is 0.363. The summed E-state index contributed by atoms with van der Waals surface area (Å²) >= 11 is 0. The van der Waals surface area contributed by atoms with Gasteiger partial charge >= 0.3 is 0 Å². The van der Waals surface area contributed by atoms with E-state index in [1.807, 2.05) is 0 Å². The molecular weight excluding hydrogens is 220 g/mol. The fourth-order valence-electron chi connectivity index (χ4n) is 2.51. The molecule has 0 rings (SSSR count). The van der Waals surface area contributed by atoms with Crippen LogP contribution in [-0.2, 0) is 0 Å². The highest BCUT2D eigenvalue weighted by atomic mass is 14.3. The standard InChI is InChI=1S/C16H26N2/c1-5-13(6-2)11-15(12-18)16(9-10-17)14(7-3)8-4/h11,13-14,16H,5-9H2,1-4H3/b15-11-. The Kier molecular flexibility index (Phi) is 9.03. The van der Waals surface area contributed by atoms with Crippen LogP contribution < -0.4 is 0 Å². The first-order valence-electron chi connectivity index (χ1n) is 7.16. The molecule has 2 heteroatoms. The second-order valence-corrected chi connectivity index (χ2v) is 4.86. The molecule has 100 valence electrons. The van der Waals surface area contributed by atoms with Gasteiger partial charge in [0, 0.05) is 17.9 Å². The van der Waals surface area contributed by atoms with Crippen molar-refractivity contribution >= 4 is 0 Å². The Morgan fingerprint density at radius 2 is 1.56 bits per heavy atom. The third kappa shape index (κ3) is 4.92. The second-order valence-electron chi connectivity index (χ2n) is 4.86. The highest BCUT2D eigenvalue weighted by Crippen LogP contribution is 2.30. The maximum atomic E-state index is 9.38. The van der Waals surface area contributed by atoms with E-state index in [2.05, 4.69) is 45.9 Å². The molecule has 0 amide bonds. The predicted octanol–water partition coefficient (Wildman–Crippen LogP) is 4.84. The lowest BCUT2D eigenvalue weighted by Crippen LogP contribution is -2.16. The van der Waals surface area contributed by atoms with E-state index in [9.17, 15) is 5.26 Å². The van der Waals surface area contributed by atoms with Gasteiger partial charge in [0.05, 0.1) is 12.1 Å². The molecular formula is C16H26N2. The smallest absolute Gasteiger partial charge is 0.0947 e. The molecule has 0 aliphatic carbocycles. The number of nitrogens with zero attached hydrogens (tertiary/aromatic N) is 2. The summed E-state index contributed by atoms with van der Waals surface area (Å²) in [7, 11) is 0. The zero-order chi connectivity index (χ0) is 14.0. The first kappa shape index (κ1) is 16.7. The van der Waals surface area contributed by atoms with Gasteiger partial charge in [0.15, 0.2) is 0 Å². The molecule has 0 aliphatic rings. The SMILES string of the molecule is CCC(/C=C(/C#N)C(CC#N)C(CC)CC)CC. The van der Waals surface area contributed by atoms with Crippen LogP contribution in [0.25, 0.3) is 0 Å². The molecule has 0 aromatic heterocycles. The largest absolute Gasteiger partial charge is 0.198 e. The molecule has 0 spiro atoms. The maximum absolute atomic E-state index is 9.38. The van der Waals surface area contributed by atoms with Crippen LogP contribution in [0.2, 0.25) is 0 Å². The van der Waals surface area contributed by atoms with Crippen LogP contribution in [-0.4, -0.2) is 0 Å². The van der Waals surface area contributed by atoms with Crippen LogP contribution in [0.1, 0.15) is 59.8 Å². The first-order chi connectivity index (χ1) is 8.68. The quantitative estimate of drug-likeness (QED) is 0.575. The summed E-state index contributed by atoms with van der Waals surface area (Å²) in [6.07, 6.45) is 6.76. The summed E-state index contributed by atoms with van der Waals surface area (Å²) in [5.41, 5.74) is 0.832. The second kappa shape index (κ2) is 9.72. The van der Waals surface area contributed by atoms with Crippen molar-refractivity contribution in [3.8, 4) is 12.1 Å². The Labute approximate surface area is 112 Å². The number of nitriles is 2. The minimum Gasteiger partial charge on any atom is -0.198 e. The molecule has 2 nitrogen and oxygen atoms in total. The molecule has 0 aromatic carbocycles. The van der Waals surface area contributed by atoms with Crippen LogP contribution in [0.15, 0.2) is 11.6 Å². The van der Waals surface area contributed by atoms with E-state index in [1.165, 1.54) is 0 Å². The van der Waals surface area contributed by atoms with Crippen molar-refractivity contribution in [1.82, 2.24) is 0 Å². The molecule has 0 saturated heterocycles. The van der Waals surface area contributed by atoms with Crippen LogP contribution >= 0.6 is 0 Å². The normalized spacial score (nSPS) is 13.4. The topological polar surface area (TPSA) is 47.6 Å². The van der Waals surface area contributed by atoms with Gasteiger partial charge in [0.2, 0.25) is 0 Å². The molecule has 0 radical (unpaired) electrons. The number of allylic oxidation sites excluding steroid dienone is 2. The lowest BCUT2D eigenvalue weighted by Gasteiger charge is -2.23. The van der Waals surface area contributed by atoms with Crippen LogP contribution in [0, 0.1) is 40.4 Å². The van der Waals surface area contributed by atoms with Gasteiger partial charge in [-0.3, -0.25) is 0 Å². The third-order valence-corrected chi connectivity index (χ3v) is 3.92. The Hall–Kier alpha value is -1.28. The summed E-state index contributed by atoms with van der Waals surface area (Å²) < 4.78 is 0. The molecule has 0 saturated carbocycles. The van der Waals surface area contributed by atoms with Gasteiger partial charge in [0.1, 0.15) is 0 Å². The van der Waals surface area contributed by atoms with Crippen molar-refractivity contribution in [3.05, 3.63) is 11.6 Å². The summed E-state index contributed by atoms with van der Waals surface area (Å²) in [5, 5.41) is 18.4. The summed E-state index contributed by atoms with van der Waals surface area (Å²) in [6, 6.07) is 4.59. The Balaban J connectivity index is 5.17. The van der Waals surface area contributed by atoms with Crippen LogP contribution in [0.5, 0.6) is 0 Å². The van der Waals surface area contributed by atoms with Crippen molar-refractivity contribution in [3.63, 3.8) is 0 Å². The molecule has 0 aliphatic heterocycles.